The third-order valence-electron chi connectivity index (χ3n) is 5.94. The van der Waals surface area contributed by atoms with Crippen LogP contribution < -0.4 is 14.9 Å². The van der Waals surface area contributed by atoms with E-state index >= 15 is 0 Å². The summed E-state index contributed by atoms with van der Waals surface area (Å²) in [5, 5.41) is 4.88. The van der Waals surface area contributed by atoms with Crippen LogP contribution in [0.5, 0.6) is 11.5 Å². The number of carbonyl (C=O) groups excluding carboxylic acids is 1. The van der Waals surface area contributed by atoms with Crippen LogP contribution in [-0.4, -0.2) is 24.2 Å². The van der Waals surface area contributed by atoms with Crippen molar-refractivity contribution in [3.8, 4) is 22.8 Å². The van der Waals surface area contributed by atoms with Crippen molar-refractivity contribution >= 4 is 23.0 Å². The average Bonchev–Trinajstić information content (AvgIpc) is 2.97. The molecule has 5 rings (SSSR count). The van der Waals surface area contributed by atoms with E-state index < -0.39 is 0 Å². The van der Waals surface area contributed by atoms with Crippen molar-refractivity contribution in [2.45, 2.75) is 6.61 Å². The van der Waals surface area contributed by atoms with Crippen LogP contribution in [0.3, 0.4) is 0 Å². The maximum atomic E-state index is 13.9. The fourth-order valence-electron chi connectivity index (χ4n) is 4.00. The molecular weight excluding hydrogens is 481 g/mol. The number of halogens is 1. The molecule has 0 radical (unpaired) electrons. The van der Waals surface area contributed by atoms with Gasteiger partial charge < -0.3 is 9.47 Å². The monoisotopic (exact) mass is 505 g/mol. The fraction of sp³-hybridized carbons (Fsp3) is 0.0645. The highest BCUT2D eigenvalue weighted by Crippen LogP contribution is 2.29. The Labute approximate surface area is 219 Å². The number of carbonyl (C=O) groups is 1. The smallest absolute Gasteiger partial charge is 0.272 e. The number of rotatable bonds is 8. The number of aromatic nitrogens is 1. The van der Waals surface area contributed by atoms with Gasteiger partial charge in [-0.2, -0.15) is 5.10 Å². The second-order valence-corrected chi connectivity index (χ2v) is 8.43. The summed E-state index contributed by atoms with van der Waals surface area (Å²) < 4.78 is 25.1. The Hall–Kier alpha value is -5.04. The normalized spacial score (nSPS) is 11.0. The minimum absolute atomic E-state index is 0.0669. The van der Waals surface area contributed by atoms with E-state index in [-0.39, 0.29) is 18.3 Å². The summed E-state index contributed by atoms with van der Waals surface area (Å²) in [4.78, 5) is 17.8. The van der Waals surface area contributed by atoms with Gasteiger partial charge >= 0.3 is 0 Å². The maximum absolute atomic E-state index is 13.9. The summed E-state index contributed by atoms with van der Waals surface area (Å²) in [6.07, 6.45) is 1.52. The Kier molecular flexibility index (Phi) is 7.36. The number of hydrazone groups is 1. The first-order valence-electron chi connectivity index (χ1n) is 12.0. The number of hydrogen-bond acceptors (Lipinski definition) is 5. The molecule has 0 fully saturated rings. The molecule has 0 atom stereocenters. The first kappa shape index (κ1) is 24.6. The highest BCUT2D eigenvalue weighted by molar-refractivity contribution is 6.07. The number of fused-ring (bicyclic) bond motifs is 1. The van der Waals surface area contributed by atoms with Crippen molar-refractivity contribution in [2.24, 2.45) is 5.10 Å². The standard InChI is InChI=1S/C31H24FN3O3/c1-37-30-17-21(15-16-29(30)38-20-23-11-5-7-13-26(23)32)19-33-35-31(36)25-18-28(22-9-3-2-4-10-22)34-27-14-8-6-12-24(25)27/h2-19H,20H2,1H3,(H,35,36)/b33-19+. The Balaban J connectivity index is 1.32. The largest absolute Gasteiger partial charge is 0.493 e. The Morgan fingerprint density at radius 1 is 0.921 bits per heavy atom. The predicted molar refractivity (Wildman–Crippen MR) is 146 cm³/mol. The quantitative estimate of drug-likeness (QED) is 0.196. The molecule has 6 nitrogen and oxygen atoms in total. The third kappa shape index (κ3) is 5.52. The third-order valence-corrected chi connectivity index (χ3v) is 5.94. The zero-order valence-corrected chi connectivity index (χ0v) is 20.6. The van der Waals surface area contributed by atoms with Crippen LogP contribution in [0.4, 0.5) is 4.39 Å². The number of nitrogens with zero attached hydrogens (tertiary/aromatic N) is 2. The topological polar surface area (TPSA) is 72.8 Å². The van der Waals surface area contributed by atoms with Crippen molar-refractivity contribution in [1.29, 1.82) is 0 Å². The first-order valence-corrected chi connectivity index (χ1v) is 12.0. The molecule has 1 heterocycles. The molecule has 0 bridgehead atoms. The molecule has 188 valence electrons. The SMILES string of the molecule is COc1cc(/C=N/NC(=O)c2cc(-c3ccccc3)nc3ccccc23)ccc1OCc1ccccc1F. The highest BCUT2D eigenvalue weighted by Gasteiger charge is 2.14. The molecule has 38 heavy (non-hydrogen) atoms. The Morgan fingerprint density at radius 3 is 2.50 bits per heavy atom. The molecule has 0 aliphatic carbocycles. The van der Waals surface area contributed by atoms with Crippen molar-refractivity contribution in [3.63, 3.8) is 0 Å². The van der Waals surface area contributed by atoms with Gasteiger partial charge in [-0.15, -0.1) is 0 Å². The molecule has 7 heteroatoms. The van der Waals surface area contributed by atoms with Gasteiger partial charge in [0.1, 0.15) is 12.4 Å². The molecule has 1 amide bonds. The lowest BCUT2D eigenvalue weighted by atomic mass is 10.0. The van der Waals surface area contributed by atoms with Crippen molar-refractivity contribution < 1.29 is 18.7 Å². The molecule has 0 aliphatic heterocycles. The second-order valence-electron chi connectivity index (χ2n) is 8.43. The number of methoxy groups -OCH3 is 1. The number of benzene rings is 4. The molecule has 1 N–H and O–H groups in total. The van der Waals surface area contributed by atoms with Gasteiger partial charge in [0, 0.05) is 16.5 Å². The average molecular weight is 506 g/mol. The molecule has 5 aromatic rings. The molecule has 1 aromatic heterocycles. The van der Waals surface area contributed by atoms with E-state index in [9.17, 15) is 9.18 Å². The van der Waals surface area contributed by atoms with Gasteiger partial charge in [0.05, 0.1) is 30.1 Å². The number of pyridine rings is 1. The molecular formula is C31H24FN3O3. The van der Waals surface area contributed by atoms with Crippen LogP contribution in [0.1, 0.15) is 21.5 Å². The minimum atomic E-state index is -0.353. The van der Waals surface area contributed by atoms with Crippen LogP contribution in [0.2, 0.25) is 0 Å². The van der Waals surface area contributed by atoms with Crippen molar-refractivity contribution in [3.05, 3.63) is 126 Å². The molecule has 0 aliphatic rings. The van der Waals surface area contributed by atoms with Gasteiger partial charge in [0.25, 0.3) is 5.91 Å². The molecule has 0 unspecified atom stereocenters. The lowest BCUT2D eigenvalue weighted by Crippen LogP contribution is -2.18. The number of nitrogens with one attached hydrogen (secondary N) is 1. The number of hydrogen-bond donors (Lipinski definition) is 1. The summed E-state index contributed by atoms with van der Waals surface area (Å²) in [6, 6.07) is 30.6. The van der Waals surface area contributed by atoms with Crippen LogP contribution in [-0.2, 0) is 6.61 Å². The summed E-state index contributed by atoms with van der Waals surface area (Å²) in [5.41, 5.74) is 6.56. The zero-order chi connectivity index (χ0) is 26.3. The van der Waals surface area contributed by atoms with Gasteiger partial charge in [-0.25, -0.2) is 14.8 Å². The van der Waals surface area contributed by atoms with Gasteiger partial charge in [0.2, 0.25) is 0 Å². The maximum Gasteiger partial charge on any atom is 0.272 e. The molecule has 0 saturated heterocycles. The van der Waals surface area contributed by atoms with Crippen molar-refractivity contribution in [1.82, 2.24) is 10.4 Å². The first-order chi connectivity index (χ1) is 18.6. The zero-order valence-electron chi connectivity index (χ0n) is 20.6. The van der Waals surface area contributed by atoms with Gasteiger partial charge in [0.15, 0.2) is 11.5 Å². The van der Waals surface area contributed by atoms with Gasteiger partial charge in [-0.3, -0.25) is 4.79 Å². The Bertz CT molecular complexity index is 1620. The molecule has 0 saturated carbocycles. The molecule has 0 spiro atoms. The summed E-state index contributed by atoms with van der Waals surface area (Å²) >= 11 is 0. The van der Waals surface area contributed by atoms with E-state index in [1.165, 1.54) is 19.4 Å². The number of amides is 1. The minimum Gasteiger partial charge on any atom is -0.493 e. The van der Waals surface area contributed by atoms with E-state index in [1.807, 2.05) is 54.6 Å². The van der Waals surface area contributed by atoms with E-state index in [1.54, 1.807) is 42.5 Å². The van der Waals surface area contributed by atoms with Gasteiger partial charge in [-0.05, 0) is 42.0 Å². The van der Waals surface area contributed by atoms with Crippen LogP contribution in [0.25, 0.3) is 22.2 Å². The van der Waals surface area contributed by atoms with Crippen LogP contribution in [0.15, 0.2) is 108 Å². The van der Waals surface area contributed by atoms with Crippen LogP contribution in [0, 0.1) is 5.82 Å². The summed E-state index contributed by atoms with van der Waals surface area (Å²) in [5.74, 6) is 0.246. The second kappa shape index (κ2) is 11.3. The summed E-state index contributed by atoms with van der Waals surface area (Å²) in [6.45, 7) is 0.0669. The van der Waals surface area contributed by atoms with Crippen LogP contribution >= 0.6 is 0 Å². The number of ether oxygens (including phenoxy) is 2. The lowest BCUT2D eigenvalue weighted by molar-refractivity contribution is 0.0956. The van der Waals surface area contributed by atoms with E-state index in [2.05, 4.69) is 10.5 Å². The number of para-hydroxylation sites is 1. The van der Waals surface area contributed by atoms with E-state index in [0.29, 0.717) is 33.9 Å². The predicted octanol–water partition coefficient (Wildman–Crippen LogP) is 6.39. The van der Waals surface area contributed by atoms with E-state index in [4.69, 9.17) is 14.5 Å². The summed E-state index contributed by atoms with van der Waals surface area (Å²) in [7, 11) is 1.52. The lowest BCUT2D eigenvalue weighted by Gasteiger charge is -2.12. The van der Waals surface area contributed by atoms with E-state index in [0.717, 1.165) is 16.5 Å². The molecule has 4 aromatic carbocycles. The van der Waals surface area contributed by atoms with Gasteiger partial charge in [-0.1, -0.05) is 66.7 Å². The highest BCUT2D eigenvalue weighted by atomic mass is 19.1. The van der Waals surface area contributed by atoms with Crippen molar-refractivity contribution in [2.75, 3.05) is 7.11 Å². The fourth-order valence-corrected chi connectivity index (χ4v) is 4.00. The Morgan fingerprint density at radius 2 is 1.68 bits per heavy atom.